The van der Waals surface area contributed by atoms with E-state index in [-0.39, 0.29) is 12.4 Å². The third kappa shape index (κ3) is 3.32. The maximum absolute atomic E-state index is 10.5. The molecule has 0 aliphatic rings. The lowest BCUT2D eigenvalue weighted by atomic mass is 10.3. The van der Waals surface area contributed by atoms with Gasteiger partial charge in [0.15, 0.2) is 0 Å². The van der Waals surface area contributed by atoms with E-state index in [1.54, 1.807) is 0 Å². The zero-order chi connectivity index (χ0) is 12.3. The van der Waals surface area contributed by atoms with Gasteiger partial charge in [-0.3, -0.25) is 4.79 Å². The Morgan fingerprint density at radius 1 is 1.53 bits per heavy atom. The van der Waals surface area contributed by atoms with E-state index in [0.717, 1.165) is 10.2 Å². The van der Waals surface area contributed by atoms with Crippen LogP contribution in [0.5, 0.6) is 0 Å². The zero-order valence-electron chi connectivity index (χ0n) is 8.68. The summed E-state index contributed by atoms with van der Waals surface area (Å²) in [6.45, 7) is 0. The van der Waals surface area contributed by atoms with E-state index in [1.807, 2.05) is 24.3 Å². The highest BCUT2D eigenvalue weighted by molar-refractivity contribution is 9.10. The number of aliphatic carboxylic acids is 1. The van der Waals surface area contributed by atoms with Crippen molar-refractivity contribution in [3.05, 3.63) is 40.7 Å². The molecule has 0 spiro atoms. The van der Waals surface area contributed by atoms with Crippen LogP contribution >= 0.6 is 15.9 Å². The highest BCUT2D eigenvalue weighted by Crippen LogP contribution is 2.20. The van der Waals surface area contributed by atoms with Gasteiger partial charge in [-0.15, -0.1) is 0 Å². The molecule has 0 atom stereocenters. The smallest absolute Gasteiger partial charge is 0.309 e. The van der Waals surface area contributed by atoms with Gasteiger partial charge in [-0.1, -0.05) is 22.0 Å². The molecule has 0 aliphatic heterocycles. The molecule has 6 heteroatoms. The molecule has 2 N–H and O–H groups in total. The number of anilines is 2. The minimum atomic E-state index is -0.938. The molecule has 0 amide bonds. The third-order valence-corrected chi connectivity index (χ3v) is 2.45. The quantitative estimate of drug-likeness (QED) is 0.907. The first-order valence-corrected chi connectivity index (χ1v) is 5.61. The fraction of sp³-hybridized carbons (Fsp3) is 0.0909. The van der Waals surface area contributed by atoms with E-state index >= 15 is 0 Å². The predicted octanol–water partition coefficient (Wildman–Crippen LogP) is 2.81. The molecule has 0 radical (unpaired) electrons. The van der Waals surface area contributed by atoms with E-state index in [4.69, 9.17) is 9.52 Å². The van der Waals surface area contributed by atoms with Crippen molar-refractivity contribution in [3.8, 4) is 0 Å². The number of hydrogen-bond donors (Lipinski definition) is 2. The molecule has 0 fully saturated rings. The number of nitrogens with zero attached hydrogens (tertiary/aromatic N) is 1. The van der Waals surface area contributed by atoms with Crippen molar-refractivity contribution in [3.63, 3.8) is 0 Å². The summed E-state index contributed by atoms with van der Waals surface area (Å²) in [6.07, 6.45) is 1.18. The molecule has 0 saturated carbocycles. The van der Waals surface area contributed by atoms with E-state index < -0.39 is 5.97 Å². The number of halogens is 1. The first kappa shape index (κ1) is 11.7. The second-order valence-corrected chi connectivity index (χ2v) is 4.27. The highest BCUT2D eigenvalue weighted by atomic mass is 79.9. The molecule has 5 nitrogen and oxygen atoms in total. The van der Waals surface area contributed by atoms with Crippen LogP contribution in [0.4, 0.5) is 11.7 Å². The highest BCUT2D eigenvalue weighted by Gasteiger charge is 2.07. The number of carboxylic acid groups (broad SMARTS) is 1. The third-order valence-electron chi connectivity index (χ3n) is 1.96. The Kier molecular flexibility index (Phi) is 3.43. The zero-order valence-corrected chi connectivity index (χ0v) is 10.3. The van der Waals surface area contributed by atoms with Crippen molar-refractivity contribution < 1.29 is 14.3 Å². The molecular formula is C11H9BrN2O3. The number of hydrogen-bond acceptors (Lipinski definition) is 4. The standard InChI is InChI=1S/C11H9BrN2O3/c12-7-2-1-3-8(4-7)13-11-14-9(6-17-11)5-10(15)16/h1-4,6H,5H2,(H,13,14)(H,15,16). The second kappa shape index (κ2) is 5.01. The molecule has 1 aromatic heterocycles. The van der Waals surface area contributed by atoms with Crippen LogP contribution in [0.25, 0.3) is 0 Å². The summed E-state index contributed by atoms with van der Waals surface area (Å²) in [5.41, 5.74) is 1.19. The molecule has 0 bridgehead atoms. The summed E-state index contributed by atoms with van der Waals surface area (Å²) in [5, 5.41) is 11.5. The van der Waals surface area contributed by atoms with E-state index in [2.05, 4.69) is 26.2 Å². The van der Waals surface area contributed by atoms with Crippen molar-refractivity contribution in [2.24, 2.45) is 0 Å². The van der Waals surface area contributed by atoms with Gasteiger partial charge in [0.2, 0.25) is 0 Å². The SMILES string of the molecule is O=C(O)Cc1coc(Nc2cccc(Br)c2)n1. The van der Waals surface area contributed by atoms with Gasteiger partial charge in [0.25, 0.3) is 6.01 Å². The average Bonchev–Trinajstić information content (AvgIpc) is 2.64. The molecule has 0 unspecified atom stereocenters. The minimum absolute atomic E-state index is 0.149. The topological polar surface area (TPSA) is 75.4 Å². The van der Waals surface area contributed by atoms with E-state index in [1.165, 1.54) is 6.26 Å². The second-order valence-electron chi connectivity index (χ2n) is 3.35. The number of carboxylic acids is 1. The minimum Gasteiger partial charge on any atom is -0.481 e. The monoisotopic (exact) mass is 296 g/mol. The Morgan fingerprint density at radius 3 is 3.06 bits per heavy atom. The van der Waals surface area contributed by atoms with Crippen LogP contribution in [-0.4, -0.2) is 16.1 Å². The van der Waals surface area contributed by atoms with Crippen molar-refractivity contribution in [1.29, 1.82) is 0 Å². The molecule has 0 aliphatic carbocycles. The van der Waals surface area contributed by atoms with Crippen molar-refractivity contribution >= 4 is 33.6 Å². The summed E-state index contributed by atoms with van der Waals surface area (Å²) in [5.74, 6) is -0.938. The van der Waals surface area contributed by atoms with Crippen molar-refractivity contribution in [1.82, 2.24) is 4.98 Å². The molecular weight excluding hydrogens is 288 g/mol. The first-order chi connectivity index (χ1) is 8.13. The normalized spacial score (nSPS) is 10.2. The first-order valence-electron chi connectivity index (χ1n) is 4.82. The van der Waals surface area contributed by atoms with Crippen LogP contribution in [0.3, 0.4) is 0 Å². The van der Waals surface area contributed by atoms with Crippen molar-refractivity contribution in [2.45, 2.75) is 6.42 Å². The van der Waals surface area contributed by atoms with Crippen molar-refractivity contribution in [2.75, 3.05) is 5.32 Å². The number of nitrogens with one attached hydrogen (secondary N) is 1. The van der Waals surface area contributed by atoms with Gasteiger partial charge in [0.05, 0.1) is 12.1 Å². The Balaban J connectivity index is 2.08. The number of rotatable bonds is 4. The number of carbonyl (C=O) groups is 1. The molecule has 2 rings (SSSR count). The Morgan fingerprint density at radius 2 is 2.35 bits per heavy atom. The summed E-state index contributed by atoms with van der Waals surface area (Å²) in [6, 6.07) is 7.76. The lowest BCUT2D eigenvalue weighted by Crippen LogP contribution is -2.00. The average molecular weight is 297 g/mol. The number of aromatic nitrogens is 1. The van der Waals surface area contributed by atoms with Gasteiger partial charge < -0.3 is 14.8 Å². The van der Waals surface area contributed by atoms with Crippen LogP contribution in [-0.2, 0) is 11.2 Å². The Hall–Kier alpha value is -1.82. The van der Waals surface area contributed by atoms with Gasteiger partial charge >= 0.3 is 5.97 Å². The summed E-state index contributed by atoms with van der Waals surface area (Å²) >= 11 is 3.34. The van der Waals surface area contributed by atoms with Gasteiger partial charge in [0.1, 0.15) is 6.26 Å². The lowest BCUT2D eigenvalue weighted by Gasteiger charge is -2.00. The fourth-order valence-corrected chi connectivity index (χ4v) is 1.69. The number of oxazole rings is 1. The largest absolute Gasteiger partial charge is 0.481 e. The van der Waals surface area contributed by atoms with Crippen LogP contribution in [0.15, 0.2) is 39.4 Å². The Labute approximate surface area is 106 Å². The summed E-state index contributed by atoms with van der Waals surface area (Å²) < 4.78 is 6.04. The predicted molar refractivity (Wildman–Crippen MR) is 65.3 cm³/mol. The van der Waals surface area contributed by atoms with Crippen LogP contribution in [0.2, 0.25) is 0 Å². The molecule has 88 valence electrons. The Bertz CT molecular complexity index is 539. The molecule has 1 aromatic carbocycles. The lowest BCUT2D eigenvalue weighted by molar-refractivity contribution is -0.136. The molecule has 1 heterocycles. The molecule has 2 aromatic rings. The van der Waals surface area contributed by atoms with Crippen LogP contribution < -0.4 is 5.32 Å². The van der Waals surface area contributed by atoms with Gasteiger partial charge in [0, 0.05) is 10.2 Å². The van der Waals surface area contributed by atoms with E-state index in [9.17, 15) is 4.79 Å². The summed E-state index contributed by atoms with van der Waals surface area (Å²) in [7, 11) is 0. The van der Waals surface area contributed by atoms with Gasteiger partial charge in [-0.2, -0.15) is 4.98 Å². The molecule has 17 heavy (non-hydrogen) atoms. The van der Waals surface area contributed by atoms with Crippen LogP contribution in [0, 0.1) is 0 Å². The summed E-state index contributed by atoms with van der Waals surface area (Å²) in [4.78, 5) is 14.5. The maximum Gasteiger partial charge on any atom is 0.309 e. The number of benzene rings is 1. The molecule has 0 saturated heterocycles. The van der Waals surface area contributed by atoms with Gasteiger partial charge in [-0.25, -0.2) is 0 Å². The maximum atomic E-state index is 10.5. The fourth-order valence-electron chi connectivity index (χ4n) is 1.29. The van der Waals surface area contributed by atoms with Crippen LogP contribution in [0.1, 0.15) is 5.69 Å². The van der Waals surface area contributed by atoms with Gasteiger partial charge in [-0.05, 0) is 18.2 Å². The van der Waals surface area contributed by atoms with E-state index in [0.29, 0.717) is 5.69 Å².